The molecule has 0 radical (unpaired) electrons. The van der Waals surface area contributed by atoms with Crippen LogP contribution in [-0.4, -0.2) is 63.7 Å². The summed E-state index contributed by atoms with van der Waals surface area (Å²) in [5.74, 6) is 2.61. The monoisotopic (exact) mass is 572 g/mol. The molecule has 2 fully saturated rings. The molecule has 3 rings (SSSR count). The predicted octanol–water partition coefficient (Wildman–Crippen LogP) is 3.95. The van der Waals surface area contributed by atoms with E-state index in [1.165, 1.54) is 24.8 Å². The van der Waals surface area contributed by atoms with Crippen LogP contribution in [-0.2, 0) is 10.2 Å². The lowest BCUT2D eigenvalue weighted by molar-refractivity contribution is -0.133. The summed E-state index contributed by atoms with van der Waals surface area (Å²) in [4.78, 5) is 18.7. The van der Waals surface area contributed by atoms with Crippen LogP contribution in [0.3, 0.4) is 0 Å². The number of benzene rings is 1. The molecule has 0 spiro atoms. The molecule has 1 aromatic carbocycles. The molecule has 8 heteroatoms. The number of ether oxygens (including phenoxy) is 2. The fourth-order valence-corrected chi connectivity index (χ4v) is 5.05. The Hall–Kier alpha value is -1.71. The van der Waals surface area contributed by atoms with Crippen molar-refractivity contribution in [2.24, 2.45) is 10.9 Å². The van der Waals surface area contributed by atoms with E-state index >= 15 is 0 Å². The maximum absolute atomic E-state index is 12.3. The van der Waals surface area contributed by atoms with Crippen LogP contribution < -0.4 is 20.1 Å². The van der Waals surface area contributed by atoms with Gasteiger partial charge in [0.15, 0.2) is 17.5 Å². The molecular formula is C25H41IN4O3. The minimum Gasteiger partial charge on any atom is -0.493 e. The van der Waals surface area contributed by atoms with Crippen LogP contribution >= 0.6 is 24.0 Å². The van der Waals surface area contributed by atoms with E-state index in [1.54, 1.807) is 14.2 Å². The molecule has 1 aromatic rings. The molecule has 1 amide bonds. The highest BCUT2D eigenvalue weighted by molar-refractivity contribution is 14.0. The van der Waals surface area contributed by atoms with Crippen molar-refractivity contribution in [2.45, 2.75) is 63.8 Å². The molecule has 33 heavy (non-hydrogen) atoms. The second-order valence-corrected chi connectivity index (χ2v) is 9.41. The van der Waals surface area contributed by atoms with Gasteiger partial charge in [0, 0.05) is 44.1 Å². The van der Waals surface area contributed by atoms with Crippen LogP contribution in [0.25, 0.3) is 0 Å². The van der Waals surface area contributed by atoms with Gasteiger partial charge in [-0.05, 0) is 37.0 Å². The van der Waals surface area contributed by atoms with E-state index in [9.17, 15) is 4.79 Å². The summed E-state index contributed by atoms with van der Waals surface area (Å²) in [5, 5.41) is 7.14. The number of halogens is 1. The Kier molecular flexibility index (Phi) is 10.6. The van der Waals surface area contributed by atoms with Crippen LogP contribution in [0.1, 0.15) is 57.9 Å². The molecule has 7 nitrogen and oxygen atoms in total. The van der Waals surface area contributed by atoms with Crippen molar-refractivity contribution in [3.63, 3.8) is 0 Å². The number of methoxy groups -OCH3 is 2. The summed E-state index contributed by atoms with van der Waals surface area (Å²) in [6.07, 6.45) is 6.93. The Labute approximate surface area is 216 Å². The lowest BCUT2D eigenvalue weighted by Gasteiger charge is -2.39. The standard InChI is InChI=1S/C25H40N4O3.HI/c1-18(2)23(30)29-14-11-20(16-29)28-24(26-3)27-17-25(12-7-6-8-13-25)19-9-10-21(31-4)22(15-19)32-5;/h9-10,15,18,20H,6-8,11-14,16-17H2,1-5H3,(H2,26,27,28);1H. The first-order chi connectivity index (χ1) is 15.4. The third-order valence-electron chi connectivity index (χ3n) is 6.96. The van der Waals surface area contributed by atoms with E-state index in [0.717, 1.165) is 56.4 Å². The highest BCUT2D eigenvalue weighted by atomic mass is 127. The first-order valence-corrected chi connectivity index (χ1v) is 11.9. The summed E-state index contributed by atoms with van der Waals surface area (Å²) in [6.45, 7) is 6.27. The number of likely N-dealkylation sites (tertiary alicyclic amines) is 1. The second-order valence-electron chi connectivity index (χ2n) is 9.41. The van der Waals surface area contributed by atoms with Crippen molar-refractivity contribution in [3.8, 4) is 11.5 Å². The maximum Gasteiger partial charge on any atom is 0.225 e. The molecule has 186 valence electrons. The smallest absolute Gasteiger partial charge is 0.225 e. The number of hydrogen-bond donors (Lipinski definition) is 2. The number of carbonyl (C=O) groups is 1. The highest BCUT2D eigenvalue weighted by Gasteiger charge is 2.35. The summed E-state index contributed by atoms with van der Waals surface area (Å²) in [7, 11) is 5.17. The van der Waals surface area contributed by atoms with E-state index in [4.69, 9.17) is 9.47 Å². The van der Waals surface area contributed by atoms with Gasteiger partial charge in [0.05, 0.1) is 14.2 Å². The number of rotatable bonds is 7. The molecule has 0 bridgehead atoms. The van der Waals surface area contributed by atoms with Gasteiger partial charge in [-0.1, -0.05) is 39.2 Å². The lowest BCUT2D eigenvalue weighted by Crippen LogP contribution is -2.50. The van der Waals surface area contributed by atoms with Gasteiger partial charge in [-0.3, -0.25) is 9.79 Å². The van der Waals surface area contributed by atoms with Crippen molar-refractivity contribution in [2.75, 3.05) is 40.9 Å². The summed E-state index contributed by atoms with van der Waals surface area (Å²) in [6, 6.07) is 6.55. The highest BCUT2D eigenvalue weighted by Crippen LogP contribution is 2.42. The van der Waals surface area contributed by atoms with Gasteiger partial charge >= 0.3 is 0 Å². The number of carbonyl (C=O) groups excluding carboxylic acids is 1. The molecule has 1 aliphatic heterocycles. The average Bonchev–Trinajstić information content (AvgIpc) is 3.29. The lowest BCUT2D eigenvalue weighted by atomic mass is 9.69. The summed E-state index contributed by atoms with van der Waals surface area (Å²) >= 11 is 0. The van der Waals surface area contributed by atoms with Crippen LogP contribution in [0.15, 0.2) is 23.2 Å². The van der Waals surface area contributed by atoms with Crippen molar-refractivity contribution in [3.05, 3.63) is 23.8 Å². The third-order valence-corrected chi connectivity index (χ3v) is 6.96. The second kappa shape index (κ2) is 12.7. The quantitative estimate of drug-likeness (QED) is 0.294. The minimum atomic E-state index is 0. The molecule has 1 aliphatic carbocycles. The van der Waals surface area contributed by atoms with Crippen molar-refractivity contribution in [1.82, 2.24) is 15.5 Å². The zero-order valence-electron chi connectivity index (χ0n) is 20.8. The maximum atomic E-state index is 12.3. The zero-order chi connectivity index (χ0) is 23.1. The van der Waals surface area contributed by atoms with Crippen LogP contribution in [0.4, 0.5) is 0 Å². The summed E-state index contributed by atoms with van der Waals surface area (Å²) < 4.78 is 11.0. The molecule has 2 N–H and O–H groups in total. The minimum absolute atomic E-state index is 0. The van der Waals surface area contributed by atoms with Gasteiger partial charge < -0.3 is 25.0 Å². The summed E-state index contributed by atoms with van der Waals surface area (Å²) in [5.41, 5.74) is 1.32. The number of amides is 1. The molecule has 0 aromatic heterocycles. The number of hydrogen-bond acceptors (Lipinski definition) is 4. The Balaban J connectivity index is 0.00000385. The van der Waals surface area contributed by atoms with Crippen LogP contribution in [0.2, 0.25) is 0 Å². The number of nitrogens with one attached hydrogen (secondary N) is 2. The molecule has 1 atom stereocenters. The van der Waals surface area contributed by atoms with Gasteiger partial charge in [-0.15, -0.1) is 24.0 Å². The molecule has 2 aliphatic rings. The largest absolute Gasteiger partial charge is 0.493 e. The van der Waals surface area contributed by atoms with Crippen molar-refractivity contribution in [1.29, 1.82) is 0 Å². The van der Waals surface area contributed by atoms with Gasteiger partial charge in [-0.2, -0.15) is 0 Å². The van der Waals surface area contributed by atoms with Gasteiger partial charge in [0.1, 0.15) is 0 Å². The SMILES string of the molecule is CN=C(NCC1(c2ccc(OC)c(OC)c2)CCCCC1)NC1CCN(C(=O)C(C)C)C1.I. The Morgan fingerprint density at radius 2 is 1.88 bits per heavy atom. The fourth-order valence-electron chi connectivity index (χ4n) is 5.05. The van der Waals surface area contributed by atoms with E-state index in [2.05, 4.69) is 27.8 Å². The number of aliphatic imine (C=N–C) groups is 1. The number of guanidine groups is 1. The van der Waals surface area contributed by atoms with E-state index in [0.29, 0.717) is 0 Å². The van der Waals surface area contributed by atoms with Crippen molar-refractivity contribution >= 4 is 35.8 Å². The van der Waals surface area contributed by atoms with Crippen molar-refractivity contribution < 1.29 is 14.3 Å². The zero-order valence-corrected chi connectivity index (χ0v) is 23.1. The van der Waals surface area contributed by atoms with E-state index in [1.807, 2.05) is 31.9 Å². The van der Waals surface area contributed by atoms with Gasteiger partial charge in [0.25, 0.3) is 0 Å². The van der Waals surface area contributed by atoms with Gasteiger partial charge in [0.2, 0.25) is 5.91 Å². The van der Waals surface area contributed by atoms with E-state index in [-0.39, 0.29) is 47.3 Å². The van der Waals surface area contributed by atoms with Gasteiger partial charge in [-0.25, -0.2) is 0 Å². The molecule has 1 heterocycles. The van der Waals surface area contributed by atoms with Crippen LogP contribution in [0.5, 0.6) is 11.5 Å². The molecule has 1 unspecified atom stereocenters. The Morgan fingerprint density at radius 1 is 1.18 bits per heavy atom. The number of nitrogens with zero attached hydrogens (tertiary/aromatic N) is 2. The Morgan fingerprint density at radius 3 is 2.48 bits per heavy atom. The topological polar surface area (TPSA) is 75.2 Å². The normalized spacial score (nSPS) is 20.2. The predicted molar refractivity (Wildman–Crippen MR) is 144 cm³/mol. The van der Waals surface area contributed by atoms with E-state index < -0.39 is 0 Å². The average molecular weight is 573 g/mol. The first-order valence-electron chi connectivity index (χ1n) is 11.9. The first kappa shape index (κ1) is 27.5. The molecular weight excluding hydrogens is 531 g/mol. The van der Waals surface area contributed by atoms with Crippen LogP contribution in [0, 0.1) is 5.92 Å². The fraction of sp³-hybridized carbons (Fsp3) is 0.680. The third kappa shape index (κ3) is 6.67. The molecule has 1 saturated heterocycles. The molecule has 1 saturated carbocycles. The Bertz CT molecular complexity index is 809.